The number of benzene rings is 1. The molecule has 2 rings (SSSR count). The third kappa shape index (κ3) is 4.44. The Morgan fingerprint density at radius 1 is 1.38 bits per heavy atom. The van der Waals surface area contributed by atoms with Crippen LogP contribution in [0.5, 0.6) is 0 Å². The zero-order valence-corrected chi connectivity index (χ0v) is 13.6. The van der Waals surface area contributed by atoms with Crippen molar-refractivity contribution in [3.8, 4) is 0 Å². The van der Waals surface area contributed by atoms with Gasteiger partial charge in [0.05, 0.1) is 11.2 Å². The molecule has 0 atom stereocenters. The fourth-order valence-electron chi connectivity index (χ4n) is 1.69. The molecule has 0 aliphatic rings. The molecule has 0 aliphatic heterocycles. The Balaban J connectivity index is 2.22. The highest BCUT2D eigenvalue weighted by Gasteiger charge is 2.15. The van der Waals surface area contributed by atoms with E-state index in [1.54, 1.807) is 0 Å². The Kier molecular flexibility index (Phi) is 5.20. The predicted octanol–water partition coefficient (Wildman–Crippen LogP) is 4.19. The molecular weight excluding hydrogens is 306 g/mol. The molecule has 21 heavy (non-hydrogen) atoms. The van der Waals surface area contributed by atoms with Gasteiger partial charge in [-0.25, -0.2) is 9.97 Å². The van der Waals surface area contributed by atoms with Crippen molar-refractivity contribution >= 4 is 35.0 Å². The van der Waals surface area contributed by atoms with Crippen LogP contribution in [-0.2, 0) is 0 Å². The average molecular weight is 322 g/mol. The predicted molar refractivity (Wildman–Crippen MR) is 87.2 cm³/mol. The van der Waals surface area contributed by atoms with Gasteiger partial charge >= 0.3 is 0 Å². The second-order valence-electron chi connectivity index (χ2n) is 4.84. The van der Waals surface area contributed by atoms with Gasteiger partial charge in [0.2, 0.25) is 0 Å². The standard InChI is InChI=1S/C15H16ClN3OS/c1-9(2)21-15-17-8-12(16)13(19-15)14(20)18-11-6-4-5-10(3)7-11/h4-9H,1-3H3,(H,18,20). The lowest BCUT2D eigenvalue weighted by Crippen LogP contribution is -2.15. The van der Waals surface area contributed by atoms with Gasteiger partial charge in [-0.15, -0.1) is 0 Å². The molecule has 0 aliphatic carbocycles. The van der Waals surface area contributed by atoms with E-state index in [0.717, 1.165) is 5.56 Å². The number of carbonyl (C=O) groups excluding carboxylic acids is 1. The zero-order chi connectivity index (χ0) is 15.4. The number of nitrogens with one attached hydrogen (secondary N) is 1. The lowest BCUT2D eigenvalue weighted by atomic mass is 10.2. The zero-order valence-electron chi connectivity index (χ0n) is 12.1. The molecule has 0 unspecified atom stereocenters. The van der Waals surface area contributed by atoms with E-state index in [9.17, 15) is 4.79 Å². The summed E-state index contributed by atoms with van der Waals surface area (Å²) in [6.45, 7) is 6.04. The monoisotopic (exact) mass is 321 g/mol. The second kappa shape index (κ2) is 6.91. The van der Waals surface area contributed by atoms with Crippen LogP contribution in [0, 0.1) is 6.92 Å². The molecule has 110 valence electrons. The van der Waals surface area contributed by atoms with Crippen LogP contribution in [0.15, 0.2) is 35.6 Å². The Labute approximate surface area is 133 Å². The molecule has 1 amide bonds. The van der Waals surface area contributed by atoms with Crippen molar-refractivity contribution in [3.63, 3.8) is 0 Å². The van der Waals surface area contributed by atoms with E-state index >= 15 is 0 Å². The summed E-state index contributed by atoms with van der Waals surface area (Å²) in [5.41, 5.74) is 1.97. The lowest BCUT2D eigenvalue weighted by Gasteiger charge is -2.08. The largest absolute Gasteiger partial charge is 0.321 e. The molecule has 0 bridgehead atoms. The quantitative estimate of drug-likeness (QED) is 0.677. The maximum absolute atomic E-state index is 12.3. The highest BCUT2D eigenvalue weighted by Crippen LogP contribution is 2.22. The third-order valence-corrected chi connectivity index (χ3v) is 3.71. The number of anilines is 1. The summed E-state index contributed by atoms with van der Waals surface area (Å²) >= 11 is 7.52. The van der Waals surface area contributed by atoms with Gasteiger partial charge < -0.3 is 5.32 Å². The number of hydrogen-bond donors (Lipinski definition) is 1. The van der Waals surface area contributed by atoms with E-state index in [1.807, 2.05) is 45.0 Å². The minimum Gasteiger partial charge on any atom is -0.321 e. The van der Waals surface area contributed by atoms with Crippen molar-refractivity contribution in [2.24, 2.45) is 0 Å². The molecule has 0 radical (unpaired) electrons. The number of hydrogen-bond acceptors (Lipinski definition) is 4. The van der Waals surface area contributed by atoms with Crippen LogP contribution in [0.25, 0.3) is 0 Å². The van der Waals surface area contributed by atoms with Crippen molar-refractivity contribution in [2.75, 3.05) is 5.32 Å². The number of thioether (sulfide) groups is 1. The average Bonchev–Trinajstić information content (AvgIpc) is 2.40. The number of nitrogens with zero attached hydrogens (tertiary/aromatic N) is 2. The Morgan fingerprint density at radius 2 is 2.14 bits per heavy atom. The molecule has 2 aromatic rings. The van der Waals surface area contributed by atoms with Gasteiger partial charge in [0.1, 0.15) is 0 Å². The summed E-state index contributed by atoms with van der Waals surface area (Å²) in [6.07, 6.45) is 1.46. The van der Waals surface area contributed by atoms with E-state index in [1.165, 1.54) is 18.0 Å². The molecule has 0 saturated carbocycles. The molecule has 1 N–H and O–H groups in total. The lowest BCUT2D eigenvalue weighted by molar-refractivity contribution is 0.102. The number of amides is 1. The first-order valence-corrected chi connectivity index (χ1v) is 7.78. The van der Waals surface area contributed by atoms with Gasteiger partial charge in [-0.05, 0) is 24.6 Å². The van der Waals surface area contributed by atoms with E-state index in [0.29, 0.717) is 16.1 Å². The number of halogens is 1. The second-order valence-corrected chi connectivity index (χ2v) is 6.79. The first kappa shape index (κ1) is 15.8. The molecule has 0 fully saturated rings. The molecule has 0 spiro atoms. The van der Waals surface area contributed by atoms with Gasteiger partial charge in [0.15, 0.2) is 10.9 Å². The maximum atomic E-state index is 12.3. The van der Waals surface area contributed by atoms with Crippen LogP contribution < -0.4 is 5.32 Å². The van der Waals surface area contributed by atoms with Crippen molar-refractivity contribution in [1.82, 2.24) is 9.97 Å². The Bertz CT molecular complexity index is 661. The molecule has 1 aromatic carbocycles. The Hall–Kier alpha value is -1.59. The van der Waals surface area contributed by atoms with Gasteiger partial charge in [0, 0.05) is 10.9 Å². The smallest absolute Gasteiger partial charge is 0.275 e. The number of aromatic nitrogens is 2. The van der Waals surface area contributed by atoms with Gasteiger partial charge in [-0.1, -0.05) is 49.3 Å². The minimum absolute atomic E-state index is 0.191. The fraction of sp³-hybridized carbons (Fsp3) is 0.267. The summed E-state index contributed by atoms with van der Waals surface area (Å²) in [5, 5.41) is 3.92. The molecule has 4 nitrogen and oxygen atoms in total. The highest BCUT2D eigenvalue weighted by atomic mass is 35.5. The summed E-state index contributed by atoms with van der Waals surface area (Å²) in [5.74, 6) is -0.335. The summed E-state index contributed by atoms with van der Waals surface area (Å²) in [4.78, 5) is 20.7. The number of carbonyl (C=O) groups is 1. The van der Waals surface area contributed by atoms with Crippen molar-refractivity contribution in [1.29, 1.82) is 0 Å². The van der Waals surface area contributed by atoms with Crippen LogP contribution in [0.1, 0.15) is 29.9 Å². The van der Waals surface area contributed by atoms with E-state index in [-0.39, 0.29) is 16.6 Å². The molecule has 0 saturated heterocycles. The molecule has 1 heterocycles. The SMILES string of the molecule is Cc1cccc(NC(=O)c2nc(SC(C)C)ncc2Cl)c1. The fourth-order valence-corrected chi connectivity index (χ4v) is 2.55. The first-order chi connectivity index (χ1) is 9.95. The van der Waals surface area contributed by atoms with Gasteiger partial charge in [-0.2, -0.15) is 0 Å². The van der Waals surface area contributed by atoms with Crippen molar-refractivity contribution in [2.45, 2.75) is 31.2 Å². The molecule has 1 aromatic heterocycles. The van der Waals surface area contributed by atoms with E-state index in [2.05, 4.69) is 15.3 Å². The van der Waals surface area contributed by atoms with Crippen LogP contribution in [0.2, 0.25) is 5.02 Å². The summed E-state index contributed by atoms with van der Waals surface area (Å²) in [6, 6.07) is 7.55. The highest BCUT2D eigenvalue weighted by molar-refractivity contribution is 7.99. The van der Waals surface area contributed by atoms with Crippen molar-refractivity contribution < 1.29 is 4.79 Å². The van der Waals surface area contributed by atoms with Crippen molar-refractivity contribution in [3.05, 3.63) is 46.7 Å². The summed E-state index contributed by atoms with van der Waals surface area (Å²) < 4.78 is 0. The topological polar surface area (TPSA) is 54.9 Å². The molecular formula is C15H16ClN3OS. The van der Waals surface area contributed by atoms with Crippen LogP contribution in [0.3, 0.4) is 0 Å². The first-order valence-electron chi connectivity index (χ1n) is 6.53. The summed E-state index contributed by atoms with van der Waals surface area (Å²) in [7, 11) is 0. The van der Waals surface area contributed by atoms with Gasteiger partial charge in [0.25, 0.3) is 5.91 Å². The van der Waals surface area contributed by atoms with E-state index < -0.39 is 0 Å². The van der Waals surface area contributed by atoms with E-state index in [4.69, 9.17) is 11.6 Å². The van der Waals surface area contributed by atoms with Crippen LogP contribution in [-0.4, -0.2) is 21.1 Å². The van der Waals surface area contributed by atoms with Crippen LogP contribution >= 0.6 is 23.4 Å². The Morgan fingerprint density at radius 3 is 2.81 bits per heavy atom. The van der Waals surface area contributed by atoms with Gasteiger partial charge in [-0.3, -0.25) is 4.79 Å². The number of aryl methyl sites for hydroxylation is 1. The number of rotatable bonds is 4. The minimum atomic E-state index is -0.335. The van der Waals surface area contributed by atoms with Crippen LogP contribution in [0.4, 0.5) is 5.69 Å². The molecule has 6 heteroatoms. The maximum Gasteiger partial charge on any atom is 0.275 e. The third-order valence-electron chi connectivity index (χ3n) is 2.55. The normalized spacial score (nSPS) is 10.7.